The van der Waals surface area contributed by atoms with Crippen molar-refractivity contribution >= 4 is 46.1 Å². The lowest BCUT2D eigenvalue weighted by molar-refractivity contribution is -0.119. The normalized spacial score (nSPS) is 13.4. The van der Waals surface area contributed by atoms with Crippen molar-refractivity contribution in [1.29, 1.82) is 0 Å². The third-order valence-corrected chi connectivity index (χ3v) is 6.68. The zero-order chi connectivity index (χ0) is 29.4. The highest BCUT2D eigenvalue weighted by Gasteiger charge is 2.29. The number of ether oxygens (including phenoxy) is 1. The van der Waals surface area contributed by atoms with Crippen LogP contribution < -0.4 is 15.5 Å². The van der Waals surface area contributed by atoms with Gasteiger partial charge in [0.15, 0.2) is 0 Å². The van der Waals surface area contributed by atoms with Crippen molar-refractivity contribution in [2.75, 3.05) is 62.0 Å². The maximum atomic E-state index is 13.2. The summed E-state index contributed by atoms with van der Waals surface area (Å²) in [5, 5.41) is 24.7. The minimum atomic E-state index is -0.457. The monoisotopic (exact) mass is 558 g/mol. The van der Waals surface area contributed by atoms with E-state index >= 15 is 0 Å². The van der Waals surface area contributed by atoms with Crippen molar-refractivity contribution in [3.05, 3.63) is 89.5 Å². The highest BCUT2D eigenvalue weighted by atomic mass is 16.5. The first kappa shape index (κ1) is 29.5. The van der Waals surface area contributed by atoms with E-state index in [-0.39, 0.29) is 38.2 Å². The van der Waals surface area contributed by atoms with E-state index in [0.29, 0.717) is 52.5 Å². The Labute approximate surface area is 238 Å². The molecule has 1 heterocycles. The quantitative estimate of drug-likeness (QED) is 0.197. The molecule has 0 saturated carbocycles. The lowest BCUT2D eigenvalue weighted by Crippen LogP contribution is -2.40. The minimum absolute atomic E-state index is 0.0638. The van der Waals surface area contributed by atoms with Gasteiger partial charge in [-0.05, 0) is 48.9 Å². The van der Waals surface area contributed by atoms with Crippen LogP contribution in [0.2, 0.25) is 0 Å². The number of anilines is 3. The number of nitrogens with zero attached hydrogens (tertiary/aromatic N) is 2. The number of carbonyl (C=O) groups excluding carboxylic acids is 3. The summed E-state index contributed by atoms with van der Waals surface area (Å²) in [6, 6.07) is 21.7. The largest absolute Gasteiger partial charge is 0.462 e. The van der Waals surface area contributed by atoms with Crippen LogP contribution in [0.5, 0.6) is 0 Å². The molecule has 0 aromatic heterocycles. The van der Waals surface area contributed by atoms with Crippen LogP contribution in [0.25, 0.3) is 11.3 Å². The fourth-order valence-corrected chi connectivity index (χ4v) is 4.55. The van der Waals surface area contributed by atoms with Gasteiger partial charge in [0.2, 0.25) is 5.91 Å². The molecule has 4 N–H and O–H groups in total. The number of rotatable bonds is 12. The Kier molecular flexibility index (Phi) is 9.86. The predicted molar refractivity (Wildman–Crippen MR) is 158 cm³/mol. The molecule has 0 spiro atoms. The summed E-state index contributed by atoms with van der Waals surface area (Å²) in [5.74, 6) is -0.938. The van der Waals surface area contributed by atoms with Crippen molar-refractivity contribution in [1.82, 2.24) is 4.90 Å². The molecular weight excluding hydrogens is 524 g/mol. The lowest BCUT2D eigenvalue weighted by Gasteiger charge is -2.24. The second-order valence-corrected chi connectivity index (χ2v) is 9.40. The smallest absolute Gasteiger partial charge is 0.338 e. The molecule has 41 heavy (non-hydrogen) atoms. The highest BCUT2D eigenvalue weighted by Crippen LogP contribution is 2.38. The van der Waals surface area contributed by atoms with Crippen molar-refractivity contribution in [2.24, 2.45) is 0 Å². The summed E-state index contributed by atoms with van der Waals surface area (Å²) in [6.07, 6.45) is 0. The van der Waals surface area contributed by atoms with E-state index in [4.69, 9.17) is 4.74 Å². The zero-order valence-corrected chi connectivity index (χ0v) is 23.1. The molecule has 0 saturated heterocycles. The van der Waals surface area contributed by atoms with Gasteiger partial charge in [0.25, 0.3) is 5.91 Å². The average Bonchev–Trinajstić information content (AvgIpc) is 3.31. The van der Waals surface area contributed by atoms with Gasteiger partial charge in [0, 0.05) is 37.1 Å². The van der Waals surface area contributed by atoms with E-state index in [0.717, 1.165) is 5.56 Å². The van der Waals surface area contributed by atoms with Crippen LogP contribution >= 0.6 is 0 Å². The van der Waals surface area contributed by atoms with Gasteiger partial charge in [-0.25, -0.2) is 4.79 Å². The summed E-state index contributed by atoms with van der Waals surface area (Å²) in [5.41, 5.74) is 4.72. The van der Waals surface area contributed by atoms with E-state index in [1.807, 2.05) is 42.5 Å². The standard InChI is InChI=1S/C31H34N4O6/c1-3-41-31(40)22-9-14-25-26(19-22)33-30(39)28(25)29(21-7-5-4-6-8-21)32-23-10-12-24(13-11-23)34(2)27(38)20-35(15-17-36)16-18-37/h4-14,19,32,36-37H,3,15-18,20H2,1-2H3,(H,33,39)/b29-28-. The number of benzene rings is 3. The van der Waals surface area contributed by atoms with E-state index in [2.05, 4.69) is 10.6 Å². The highest BCUT2D eigenvalue weighted by molar-refractivity contribution is 6.37. The molecule has 0 atom stereocenters. The molecule has 10 heteroatoms. The second kappa shape index (κ2) is 13.7. The molecule has 0 bridgehead atoms. The Balaban J connectivity index is 1.62. The number of amides is 2. The number of carbonyl (C=O) groups is 3. The number of aliphatic hydroxyl groups excluding tert-OH is 2. The third kappa shape index (κ3) is 6.98. The van der Waals surface area contributed by atoms with Gasteiger partial charge in [-0.1, -0.05) is 36.4 Å². The molecule has 2 amide bonds. The van der Waals surface area contributed by atoms with Gasteiger partial charge in [-0.2, -0.15) is 0 Å². The summed E-state index contributed by atoms with van der Waals surface area (Å²) < 4.78 is 5.10. The summed E-state index contributed by atoms with van der Waals surface area (Å²) >= 11 is 0. The minimum Gasteiger partial charge on any atom is -0.462 e. The van der Waals surface area contributed by atoms with Gasteiger partial charge in [0.1, 0.15) is 0 Å². The summed E-state index contributed by atoms with van der Waals surface area (Å²) in [4.78, 5) is 41.5. The fraction of sp³-hybridized carbons (Fsp3) is 0.258. The molecular formula is C31H34N4O6. The Morgan fingerprint density at radius 2 is 1.61 bits per heavy atom. The maximum Gasteiger partial charge on any atom is 0.338 e. The molecule has 0 aliphatic carbocycles. The summed E-state index contributed by atoms with van der Waals surface area (Å²) in [7, 11) is 1.67. The molecule has 0 unspecified atom stereocenters. The lowest BCUT2D eigenvalue weighted by atomic mass is 9.99. The molecule has 3 aromatic rings. The number of hydrogen-bond donors (Lipinski definition) is 4. The van der Waals surface area contributed by atoms with Crippen molar-refractivity contribution < 1.29 is 29.3 Å². The second-order valence-electron chi connectivity index (χ2n) is 9.40. The van der Waals surface area contributed by atoms with Gasteiger partial charge in [-0.3, -0.25) is 14.5 Å². The number of aliphatic hydroxyl groups is 2. The molecule has 3 aromatic carbocycles. The average molecular weight is 559 g/mol. The zero-order valence-electron chi connectivity index (χ0n) is 23.1. The van der Waals surface area contributed by atoms with Gasteiger partial charge < -0.3 is 30.5 Å². The first-order chi connectivity index (χ1) is 19.9. The molecule has 0 radical (unpaired) electrons. The van der Waals surface area contributed by atoms with E-state index in [1.165, 1.54) is 4.90 Å². The summed E-state index contributed by atoms with van der Waals surface area (Å²) in [6.45, 7) is 2.43. The SMILES string of the molecule is CCOC(=O)c1ccc2c(c1)NC(=O)/C2=C(\Nc1ccc(N(C)C(=O)CN(CCO)CCO)cc1)c1ccccc1. The number of likely N-dealkylation sites (N-methyl/N-ethyl adjacent to an activating group) is 1. The van der Waals surface area contributed by atoms with Crippen LogP contribution in [-0.4, -0.2) is 79.4 Å². The van der Waals surface area contributed by atoms with Crippen molar-refractivity contribution in [2.45, 2.75) is 6.92 Å². The number of nitrogens with one attached hydrogen (secondary N) is 2. The third-order valence-electron chi connectivity index (χ3n) is 6.68. The topological polar surface area (TPSA) is 131 Å². The Morgan fingerprint density at radius 3 is 2.24 bits per heavy atom. The van der Waals surface area contributed by atoms with Gasteiger partial charge in [-0.15, -0.1) is 0 Å². The van der Waals surface area contributed by atoms with E-state index < -0.39 is 5.97 Å². The van der Waals surface area contributed by atoms with Crippen molar-refractivity contribution in [3.8, 4) is 0 Å². The number of esters is 1. The van der Waals surface area contributed by atoms with E-state index in [1.54, 1.807) is 49.2 Å². The number of hydrogen-bond acceptors (Lipinski definition) is 8. The van der Waals surface area contributed by atoms with Crippen LogP contribution in [0, 0.1) is 0 Å². The molecule has 1 aliphatic rings. The first-order valence-corrected chi connectivity index (χ1v) is 13.4. The molecule has 4 rings (SSSR count). The van der Waals surface area contributed by atoms with Crippen LogP contribution in [0.3, 0.4) is 0 Å². The van der Waals surface area contributed by atoms with E-state index in [9.17, 15) is 24.6 Å². The van der Waals surface area contributed by atoms with Crippen LogP contribution in [0.15, 0.2) is 72.8 Å². The fourth-order valence-electron chi connectivity index (χ4n) is 4.55. The van der Waals surface area contributed by atoms with Crippen LogP contribution in [0.4, 0.5) is 17.1 Å². The maximum absolute atomic E-state index is 13.2. The number of fused-ring (bicyclic) bond motifs is 1. The Hall–Kier alpha value is -4.51. The predicted octanol–water partition coefficient (Wildman–Crippen LogP) is 3.05. The van der Waals surface area contributed by atoms with Crippen molar-refractivity contribution in [3.63, 3.8) is 0 Å². The van der Waals surface area contributed by atoms with Crippen LogP contribution in [0.1, 0.15) is 28.4 Å². The molecule has 0 fully saturated rings. The Morgan fingerprint density at radius 1 is 0.927 bits per heavy atom. The van der Waals surface area contributed by atoms with Gasteiger partial charge >= 0.3 is 5.97 Å². The van der Waals surface area contributed by atoms with Gasteiger partial charge in [0.05, 0.1) is 48.9 Å². The Bertz CT molecular complexity index is 1420. The molecule has 214 valence electrons. The van der Waals surface area contributed by atoms with Crippen LogP contribution in [-0.2, 0) is 14.3 Å². The molecule has 10 nitrogen and oxygen atoms in total. The molecule has 1 aliphatic heterocycles. The first-order valence-electron chi connectivity index (χ1n) is 13.4.